The van der Waals surface area contributed by atoms with Crippen molar-refractivity contribution in [3.63, 3.8) is 0 Å². The number of nitrogens with zero attached hydrogens (tertiary/aromatic N) is 5. The van der Waals surface area contributed by atoms with E-state index >= 15 is 0 Å². The van der Waals surface area contributed by atoms with Gasteiger partial charge in [-0.1, -0.05) is 52.5 Å². The minimum atomic E-state index is -0.900. The quantitative estimate of drug-likeness (QED) is 0.534. The van der Waals surface area contributed by atoms with Gasteiger partial charge in [-0.25, -0.2) is 14.5 Å². The second-order valence-electron chi connectivity index (χ2n) is 9.13. The summed E-state index contributed by atoms with van der Waals surface area (Å²) in [6.45, 7) is 11.7. The largest absolute Gasteiger partial charge is 0.390 e. The topological polar surface area (TPSA) is 93.7 Å². The number of nitrogen functional groups attached to an aromatic ring is 1. The first-order valence-corrected chi connectivity index (χ1v) is 12.4. The predicted molar refractivity (Wildman–Crippen MR) is 141 cm³/mol. The molecule has 1 saturated carbocycles. The van der Waals surface area contributed by atoms with Crippen LogP contribution in [-0.4, -0.2) is 29.9 Å². The first-order valence-electron chi connectivity index (χ1n) is 12.4. The number of hydrogen-bond acceptors (Lipinski definition) is 5. The SMILES string of the molecule is C/C=C\N=c1ccc(-c2ccn3nc(N)nc(CC(C)(C)O)c23)cn1C.CC.CCC1CCC1. The molecule has 186 valence electrons. The van der Waals surface area contributed by atoms with E-state index in [-0.39, 0.29) is 5.95 Å². The fraction of sp³-hybridized carbons (Fsp3) is 0.519. The number of nitrogens with two attached hydrogens (primary N) is 1. The lowest BCUT2D eigenvalue weighted by atomic mass is 9.84. The summed E-state index contributed by atoms with van der Waals surface area (Å²) < 4.78 is 3.68. The molecule has 0 radical (unpaired) electrons. The van der Waals surface area contributed by atoms with Gasteiger partial charge < -0.3 is 15.4 Å². The van der Waals surface area contributed by atoms with Crippen LogP contribution in [0.1, 0.15) is 72.9 Å². The lowest BCUT2D eigenvalue weighted by molar-refractivity contribution is 0.0802. The van der Waals surface area contributed by atoms with Crippen LogP contribution in [0.25, 0.3) is 16.6 Å². The average molecular weight is 467 g/mol. The molecule has 0 atom stereocenters. The molecule has 0 bridgehead atoms. The second-order valence-corrected chi connectivity index (χ2v) is 9.13. The van der Waals surface area contributed by atoms with Crippen LogP contribution in [0.15, 0.2) is 47.9 Å². The van der Waals surface area contributed by atoms with Crippen molar-refractivity contribution in [3.8, 4) is 11.1 Å². The van der Waals surface area contributed by atoms with E-state index in [0.29, 0.717) is 6.42 Å². The molecule has 0 aromatic carbocycles. The molecule has 0 saturated heterocycles. The summed E-state index contributed by atoms with van der Waals surface area (Å²) in [6.07, 6.45) is 13.8. The zero-order valence-electron chi connectivity index (χ0n) is 21.9. The van der Waals surface area contributed by atoms with Crippen LogP contribution < -0.4 is 11.2 Å². The van der Waals surface area contributed by atoms with Crippen LogP contribution in [0.5, 0.6) is 0 Å². The first-order chi connectivity index (χ1) is 16.2. The lowest BCUT2D eigenvalue weighted by Crippen LogP contribution is -2.23. The molecule has 4 rings (SSSR count). The third-order valence-corrected chi connectivity index (χ3v) is 5.77. The molecule has 1 aliphatic rings. The Morgan fingerprint density at radius 1 is 1.24 bits per heavy atom. The summed E-state index contributed by atoms with van der Waals surface area (Å²) in [6, 6.07) is 5.96. The van der Waals surface area contributed by atoms with E-state index in [1.54, 1.807) is 24.6 Å². The van der Waals surface area contributed by atoms with E-state index < -0.39 is 5.60 Å². The van der Waals surface area contributed by atoms with Gasteiger partial charge in [-0.05, 0) is 44.9 Å². The van der Waals surface area contributed by atoms with Gasteiger partial charge in [0.2, 0.25) is 5.95 Å². The summed E-state index contributed by atoms with van der Waals surface area (Å²) >= 11 is 0. The molecule has 1 aliphatic carbocycles. The number of hydrogen-bond donors (Lipinski definition) is 2. The minimum absolute atomic E-state index is 0.185. The zero-order chi connectivity index (χ0) is 25.3. The number of aryl methyl sites for hydroxylation is 1. The van der Waals surface area contributed by atoms with Crippen LogP contribution in [0.3, 0.4) is 0 Å². The Balaban J connectivity index is 0.000000437. The molecule has 0 spiro atoms. The minimum Gasteiger partial charge on any atom is -0.390 e. The van der Waals surface area contributed by atoms with Gasteiger partial charge in [0, 0.05) is 43.2 Å². The number of pyridine rings is 1. The molecule has 0 amide bonds. The van der Waals surface area contributed by atoms with Crippen molar-refractivity contribution in [2.24, 2.45) is 18.0 Å². The van der Waals surface area contributed by atoms with E-state index in [1.165, 1.54) is 25.7 Å². The number of aromatic nitrogens is 4. The highest BCUT2D eigenvalue weighted by atomic mass is 16.3. The second kappa shape index (κ2) is 12.5. The smallest absolute Gasteiger partial charge is 0.238 e. The molecule has 3 aromatic rings. The summed E-state index contributed by atoms with van der Waals surface area (Å²) in [7, 11) is 1.95. The van der Waals surface area contributed by atoms with Gasteiger partial charge in [-0.15, -0.1) is 5.10 Å². The molecular weight excluding hydrogens is 424 g/mol. The van der Waals surface area contributed by atoms with E-state index in [2.05, 4.69) is 22.0 Å². The molecule has 7 heteroatoms. The van der Waals surface area contributed by atoms with Crippen LogP contribution in [0.4, 0.5) is 5.95 Å². The number of rotatable bonds is 5. The van der Waals surface area contributed by atoms with Crippen molar-refractivity contribution in [1.29, 1.82) is 0 Å². The predicted octanol–water partition coefficient (Wildman–Crippen LogP) is 5.29. The third kappa shape index (κ3) is 7.29. The van der Waals surface area contributed by atoms with Crippen molar-refractivity contribution < 1.29 is 5.11 Å². The maximum atomic E-state index is 10.2. The monoisotopic (exact) mass is 466 g/mol. The highest BCUT2D eigenvalue weighted by Crippen LogP contribution is 2.29. The molecule has 3 heterocycles. The molecule has 3 aromatic heterocycles. The van der Waals surface area contributed by atoms with Gasteiger partial charge >= 0.3 is 0 Å². The Hall–Kier alpha value is -2.93. The fourth-order valence-electron chi connectivity index (χ4n) is 3.83. The molecule has 7 nitrogen and oxygen atoms in total. The maximum Gasteiger partial charge on any atom is 0.238 e. The molecule has 1 fully saturated rings. The van der Waals surface area contributed by atoms with Crippen molar-refractivity contribution in [1.82, 2.24) is 19.2 Å². The van der Waals surface area contributed by atoms with Crippen LogP contribution >= 0.6 is 0 Å². The Kier molecular flexibility index (Phi) is 10.1. The van der Waals surface area contributed by atoms with Crippen molar-refractivity contribution in [3.05, 3.63) is 54.1 Å². The number of allylic oxidation sites excluding steroid dienone is 1. The summed E-state index contributed by atoms with van der Waals surface area (Å²) in [4.78, 5) is 8.77. The standard InChI is InChI=1S/C19H24N6O.C6H12.C2H6/c1-5-9-21-16-7-6-13(12-24(16)4)14-8-10-25-17(14)15(11-19(2,3)26)22-18(20)23-25;1-2-6-4-3-5-6;1-2/h5-10,12,26H,11H2,1-4H3,(H2,20,23);6H,2-5H2,1H3;1-2H3/b9-5-,21-16?;;. The van der Waals surface area contributed by atoms with Gasteiger partial charge in [0.05, 0.1) is 16.8 Å². The van der Waals surface area contributed by atoms with Crippen LogP contribution in [-0.2, 0) is 13.5 Å². The van der Waals surface area contributed by atoms with Crippen LogP contribution in [0.2, 0.25) is 0 Å². The fourth-order valence-corrected chi connectivity index (χ4v) is 3.83. The maximum absolute atomic E-state index is 10.2. The molecule has 3 N–H and O–H groups in total. The van der Waals surface area contributed by atoms with E-state index in [1.807, 2.05) is 69.1 Å². The number of aliphatic hydroxyl groups is 1. The van der Waals surface area contributed by atoms with Gasteiger partial charge in [-0.3, -0.25) is 0 Å². The van der Waals surface area contributed by atoms with E-state index in [9.17, 15) is 5.11 Å². The Bertz CT molecular complexity index is 1140. The van der Waals surface area contributed by atoms with Gasteiger partial charge in [0.25, 0.3) is 0 Å². The van der Waals surface area contributed by atoms with Gasteiger partial charge in [-0.2, -0.15) is 0 Å². The summed E-state index contributed by atoms with van der Waals surface area (Å²) in [5.74, 6) is 1.30. The summed E-state index contributed by atoms with van der Waals surface area (Å²) in [5.41, 5.74) is 9.35. The zero-order valence-corrected chi connectivity index (χ0v) is 21.9. The van der Waals surface area contributed by atoms with Crippen molar-refractivity contribution in [2.45, 2.75) is 79.2 Å². The lowest BCUT2D eigenvalue weighted by Gasteiger charge is -2.22. The average Bonchev–Trinajstić information content (AvgIpc) is 3.17. The van der Waals surface area contributed by atoms with Crippen LogP contribution in [0, 0.1) is 5.92 Å². The van der Waals surface area contributed by atoms with E-state index in [0.717, 1.165) is 33.7 Å². The van der Waals surface area contributed by atoms with Gasteiger partial charge in [0.15, 0.2) is 0 Å². The highest BCUT2D eigenvalue weighted by molar-refractivity contribution is 5.82. The van der Waals surface area contributed by atoms with E-state index in [4.69, 9.17) is 5.73 Å². The molecular formula is C27H42N6O. The van der Waals surface area contributed by atoms with Crippen molar-refractivity contribution in [2.75, 3.05) is 5.73 Å². The molecule has 0 aliphatic heterocycles. The number of anilines is 1. The molecule has 0 unspecified atom stereocenters. The first kappa shape index (κ1) is 27.3. The molecule has 34 heavy (non-hydrogen) atoms. The highest BCUT2D eigenvalue weighted by Gasteiger charge is 2.20. The Labute approximate surface area is 204 Å². The summed E-state index contributed by atoms with van der Waals surface area (Å²) in [5, 5.41) is 14.5. The third-order valence-electron chi connectivity index (χ3n) is 5.77. The normalized spacial score (nSPS) is 14.4. The van der Waals surface area contributed by atoms with Gasteiger partial charge in [0.1, 0.15) is 5.49 Å². The Morgan fingerprint density at radius 2 is 1.94 bits per heavy atom. The van der Waals surface area contributed by atoms with Crippen molar-refractivity contribution >= 4 is 11.5 Å². The number of fused-ring (bicyclic) bond motifs is 1. The Morgan fingerprint density at radius 3 is 2.44 bits per heavy atom.